The van der Waals surface area contributed by atoms with E-state index in [1.54, 1.807) is 6.08 Å². The van der Waals surface area contributed by atoms with Gasteiger partial charge < -0.3 is 10.0 Å². The van der Waals surface area contributed by atoms with Gasteiger partial charge in [0.1, 0.15) is 6.04 Å². The minimum Gasteiger partial charge on any atom is -0.480 e. The van der Waals surface area contributed by atoms with E-state index >= 15 is 0 Å². The molecule has 2 atom stereocenters. The fourth-order valence-corrected chi connectivity index (χ4v) is 1.91. The van der Waals surface area contributed by atoms with Gasteiger partial charge in [-0.2, -0.15) is 0 Å². The maximum atomic E-state index is 11.1. The Morgan fingerprint density at radius 3 is 2.64 bits per heavy atom. The number of nitrogens with zero attached hydrogens (tertiary/aromatic N) is 1. The molecule has 1 amide bonds. The summed E-state index contributed by atoms with van der Waals surface area (Å²) in [5.74, 6) is -0.826. The molecule has 0 saturated carbocycles. The zero-order chi connectivity index (χ0) is 10.7. The van der Waals surface area contributed by atoms with Crippen LogP contribution < -0.4 is 0 Å². The molecule has 14 heavy (non-hydrogen) atoms. The number of carbonyl (C=O) groups is 2. The molecule has 0 spiro atoms. The van der Waals surface area contributed by atoms with Gasteiger partial charge in [-0.25, -0.2) is 4.79 Å². The number of allylic oxidation sites excluding steroid dienone is 1. The number of likely N-dealkylation sites (tertiary alicyclic amines) is 1. The summed E-state index contributed by atoms with van der Waals surface area (Å²) >= 11 is 0. The maximum absolute atomic E-state index is 11.1. The average Bonchev–Trinajstić information content (AvgIpc) is 2.49. The van der Waals surface area contributed by atoms with Crippen LogP contribution in [0.15, 0.2) is 12.7 Å². The number of hydrogen-bond acceptors (Lipinski definition) is 2. The summed E-state index contributed by atoms with van der Waals surface area (Å²) in [6.45, 7) is 5.56. The molecule has 0 radical (unpaired) electrons. The third kappa shape index (κ3) is 2.13. The Bertz CT molecular complexity index is 240. The topological polar surface area (TPSA) is 57.6 Å². The highest BCUT2D eigenvalue weighted by atomic mass is 16.4. The van der Waals surface area contributed by atoms with Crippen molar-refractivity contribution < 1.29 is 14.7 Å². The van der Waals surface area contributed by atoms with Crippen LogP contribution in [-0.2, 0) is 9.59 Å². The van der Waals surface area contributed by atoms with Crippen LogP contribution in [0.5, 0.6) is 0 Å². The van der Waals surface area contributed by atoms with Gasteiger partial charge in [-0.3, -0.25) is 4.79 Å². The van der Waals surface area contributed by atoms with Crippen molar-refractivity contribution in [3.05, 3.63) is 12.7 Å². The van der Waals surface area contributed by atoms with E-state index in [4.69, 9.17) is 5.11 Å². The van der Waals surface area contributed by atoms with Crippen LogP contribution in [0.4, 0.5) is 0 Å². The molecule has 0 unspecified atom stereocenters. The van der Waals surface area contributed by atoms with Gasteiger partial charge in [-0.15, -0.1) is 6.58 Å². The van der Waals surface area contributed by atoms with Crippen molar-refractivity contribution in [1.29, 1.82) is 0 Å². The smallest absolute Gasteiger partial charge is 0.326 e. The van der Waals surface area contributed by atoms with E-state index in [9.17, 15) is 9.59 Å². The SMILES string of the molecule is C=CC[C@@H]1C[C@@H](C(=O)O)N(C(C)=O)C1. The van der Waals surface area contributed by atoms with Crippen molar-refractivity contribution in [2.75, 3.05) is 6.54 Å². The first-order valence-corrected chi connectivity index (χ1v) is 4.67. The normalized spacial score (nSPS) is 26.2. The van der Waals surface area contributed by atoms with Crippen LogP contribution in [0, 0.1) is 5.92 Å². The molecular formula is C10H15NO3. The van der Waals surface area contributed by atoms with Gasteiger partial charge in [0, 0.05) is 13.5 Å². The molecule has 4 nitrogen and oxygen atoms in total. The molecule has 1 fully saturated rings. The van der Waals surface area contributed by atoms with E-state index < -0.39 is 12.0 Å². The number of carboxylic acid groups (broad SMARTS) is 1. The lowest BCUT2D eigenvalue weighted by Gasteiger charge is -2.18. The van der Waals surface area contributed by atoms with E-state index in [1.165, 1.54) is 11.8 Å². The van der Waals surface area contributed by atoms with Crippen LogP contribution >= 0.6 is 0 Å². The minimum absolute atomic E-state index is 0.163. The largest absolute Gasteiger partial charge is 0.480 e. The molecule has 1 heterocycles. The number of aliphatic carboxylic acids is 1. The third-order valence-corrected chi connectivity index (χ3v) is 2.58. The van der Waals surface area contributed by atoms with Gasteiger partial charge in [-0.05, 0) is 18.8 Å². The van der Waals surface area contributed by atoms with Crippen molar-refractivity contribution in [3.63, 3.8) is 0 Å². The molecule has 0 bridgehead atoms. The van der Waals surface area contributed by atoms with Gasteiger partial charge in [-0.1, -0.05) is 6.08 Å². The lowest BCUT2D eigenvalue weighted by Crippen LogP contribution is -2.39. The first-order valence-electron chi connectivity index (χ1n) is 4.67. The van der Waals surface area contributed by atoms with Crippen LogP contribution in [0.3, 0.4) is 0 Å². The Labute approximate surface area is 83.2 Å². The Hall–Kier alpha value is -1.32. The fourth-order valence-electron chi connectivity index (χ4n) is 1.91. The molecule has 0 aromatic rings. The summed E-state index contributed by atoms with van der Waals surface area (Å²) in [5.41, 5.74) is 0. The number of rotatable bonds is 3. The summed E-state index contributed by atoms with van der Waals surface area (Å²) in [6.07, 6.45) is 3.09. The summed E-state index contributed by atoms with van der Waals surface area (Å²) in [4.78, 5) is 23.4. The second-order valence-corrected chi connectivity index (χ2v) is 3.65. The predicted molar refractivity (Wildman–Crippen MR) is 51.7 cm³/mol. The molecule has 78 valence electrons. The Kier molecular flexibility index (Phi) is 3.28. The lowest BCUT2D eigenvalue weighted by molar-refractivity contribution is -0.147. The lowest BCUT2D eigenvalue weighted by atomic mass is 10.0. The second kappa shape index (κ2) is 4.26. The predicted octanol–water partition coefficient (Wildman–Crippen LogP) is 0.884. The summed E-state index contributed by atoms with van der Waals surface area (Å²) < 4.78 is 0. The summed E-state index contributed by atoms with van der Waals surface area (Å²) in [6, 6.07) is -0.641. The first-order chi connectivity index (χ1) is 6.56. The van der Waals surface area contributed by atoms with Gasteiger partial charge in [0.25, 0.3) is 0 Å². The van der Waals surface area contributed by atoms with Gasteiger partial charge in [0.05, 0.1) is 0 Å². The quantitative estimate of drug-likeness (QED) is 0.683. The van der Waals surface area contributed by atoms with E-state index in [0.29, 0.717) is 13.0 Å². The van der Waals surface area contributed by atoms with Crippen LogP contribution in [0.25, 0.3) is 0 Å². The highest BCUT2D eigenvalue weighted by Gasteiger charge is 2.37. The molecule has 0 aromatic heterocycles. The zero-order valence-corrected chi connectivity index (χ0v) is 8.27. The van der Waals surface area contributed by atoms with E-state index in [-0.39, 0.29) is 11.8 Å². The second-order valence-electron chi connectivity index (χ2n) is 3.65. The minimum atomic E-state index is -0.910. The van der Waals surface area contributed by atoms with E-state index in [2.05, 4.69) is 6.58 Å². The van der Waals surface area contributed by atoms with E-state index in [1.807, 2.05) is 0 Å². The number of carboxylic acids is 1. The number of amides is 1. The summed E-state index contributed by atoms with van der Waals surface area (Å²) in [7, 11) is 0. The van der Waals surface area contributed by atoms with Crippen LogP contribution in [0.2, 0.25) is 0 Å². The molecule has 0 aliphatic carbocycles. The van der Waals surface area contributed by atoms with Gasteiger partial charge in [0.2, 0.25) is 5.91 Å². The Morgan fingerprint density at radius 2 is 2.29 bits per heavy atom. The standard InChI is InChI=1S/C10H15NO3/c1-3-4-8-5-9(10(13)14)11(6-8)7(2)12/h3,8-9H,1,4-6H2,2H3,(H,13,14)/t8-,9+/m1/s1. The molecule has 0 aromatic carbocycles. The fraction of sp³-hybridized carbons (Fsp3) is 0.600. The molecule has 4 heteroatoms. The molecular weight excluding hydrogens is 182 g/mol. The zero-order valence-electron chi connectivity index (χ0n) is 8.27. The van der Waals surface area contributed by atoms with Crippen molar-refractivity contribution in [2.24, 2.45) is 5.92 Å². The third-order valence-electron chi connectivity index (χ3n) is 2.58. The van der Waals surface area contributed by atoms with Crippen molar-refractivity contribution in [2.45, 2.75) is 25.8 Å². The number of carbonyl (C=O) groups excluding carboxylic acids is 1. The highest BCUT2D eigenvalue weighted by Crippen LogP contribution is 2.26. The van der Waals surface area contributed by atoms with Crippen LogP contribution in [-0.4, -0.2) is 34.5 Å². The van der Waals surface area contributed by atoms with E-state index in [0.717, 1.165) is 6.42 Å². The Balaban J connectivity index is 2.69. The number of hydrogen-bond donors (Lipinski definition) is 1. The molecule has 1 N–H and O–H groups in total. The maximum Gasteiger partial charge on any atom is 0.326 e. The molecule has 1 rings (SSSR count). The Morgan fingerprint density at radius 1 is 1.64 bits per heavy atom. The monoisotopic (exact) mass is 197 g/mol. The highest BCUT2D eigenvalue weighted by molar-refractivity contribution is 5.82. The van der Waals surface area contributed by atoms with Crippen LogP contribution in [0.1, 0.15) is 19.8 Å². The average molecular weight is 197 g/mol. The van der Waals surface area contributed by atoms with Gasteiger partial charge >= 0.3 is 5.97 Å². The summed E-state index contributed by atoms with van der Waals surface area (Å²) in [5, 5.41) is 8.90. The van der Waals surface area contributed by atoms with Crippen molar-refractivity contribution >= 4 is 11.9 Å². The first kappa shape index (κ1) is 10.8. The van der Waals surface area contributed by atoms with Crippen molar-refractivity contribution in [1.82, 2.24) is 4.90 Å². The molecule has 1 saturated heterocycles. The van der Waals surface area contributed by atoms with Crippen molar-refractivity contribution in [3.8, 4) is 0 Å². The molecule has 1 aliphatic heterocycles. The molecule has 1 aliphatic rings. The van der Waals surface area contributed by atoms with Gasteiger partial charge in [0.15, 0.2) is 0 Å².